The molecule has 4 aromatic carbocycles. The van der Waals surface area contributed by atoms with Crippen molar-refractivity contribution in [3.63, 3.8) is 0 Å². The topological polar surface area (TPSA) is 93.5 Å². The van der Waals surface area contributed by atoms with Crippen LogP contribution in [0, 0.1) is 0 Å². The van der Waals surface area contributed by atoms with Crippen molar-refractivity contribution < 1.29 is 18.7 Å². The van der Waals surface area contributed by atoms with Gasteiger partial charge in [0.2, 0.25) is 5.89 Å². The largest absolute Gasteiger partial charge is 0.496 e. The van der Waals surface area contributed by atoms with E-state index in [1.807, 2.05) is 36.4 Å². The Kier molecular flexibility index (Phi) is 6.38. The second-order valence-electron chi connectivity index (χ2n) is 7.90. The second-order valence-corrected chi connectivity index (χ2v) is 8.33. The third-order valence-corrected chi connectivity index (χ3v) is 5.71. The number of nitrogens with one attached hydrogen (secondary N) is 2. The Hall–Kier alpha value is -4.62. The first-order chi connectivity index (χ1) is 17.5. The number of anilines is 2. The average Bonchev–Trinajstić information content (AvgIpc) is 3.34. The van der Waals surface area contributed by atoms with Crippen LogP contribution in [0.15, 0.2) is 95.4 Å². The zero-order valence-corrected chi connectivity index (χ0v) is 19.9. The molecule has 0 saturated heterocycles. The predicted octanol–water partition coefficient (Wildman–Crippen LogP) is 6.66. The highest BCUT2D eigenvalue weighted by molar-refractivity contribution is 6.31. The quantitative estimate of drug-likeness (QED) is 0.273. The molecule has 2 amide bonds. The van der Waals surface area contributed by atoms with Gasteiger partial charge in [-0.05, 0) is 72.8 Å². The Morgan fingerprint density at radius 1 is 0.833 bits per heavy atom. The number of carbonyl (C=O) groups is 2. The van der Waals surface area contributed by atoms with E-state index in [0.29, 0.717) is 44.7 Å². The Morgan fingerprint density at radius 2 is 1.61 bits per heavy atom. The molecule has 0 aliphatic heterocycles. The van der Waals surface area contributed by atoms with Crippen LogP contribution in [-0.4, -0.2) is 23.9 Å². The van der Waals surface area contributed by atoms with Gasteiger partial charge in [0, 0.05) is 27.5 Å². The summed E-state index contributed by atoms with van der Waals surface area (Å²) in [5.74, 6) is 0.221. The van der Waals surface area contributed by atoms with Gasteiger partial charge in [-0.15, -0.1) is 0 Å². The third kappa shape index (κ3) is 4.92. The SMILES string of the molecule is COc1ccc(Cl)cc1C(=O)Nc1ccc(C(=O)Nc2cccc(-c3nc4ccccc4o3)c2)cc1. The number of rotatable bonds is 6. The molecule has 5 rings (SSSR count). The molecule has 0 aliphatic carbocycles. The number of halogens is 1. The van der Waals surface area contributed by atoms with Crippen molar-refractivity contribution in [2.75, 3.05) is 17.7 Å². The monoisotopic (exact) mass is 497 g/mol. The summed E-state index contributed by atoms with van der Waals surface area (Å²) in [7, 11) is 1.48. The van der Waals surface area contributed by atoms with Gasteiger partial charge in [0.05, 0.1) is 12.7 Å². The molecule has 5 aromatic rings. The van der Waals surface area contributed by atoms with Gasteiger partial charge < -0.3 is 19.8 Å². The van der Waals surface area contributed by atoms with Gasteiger partial charge in [-0.3, -0.25) is 9.59 Å². The van der Waals surface area contributed by atoms with Crippen molar-refractivity contribution in [1.82, 2.24) is 4.98 Å². The highest BCUT2D eigenvalue weighted by atomic mass is 35.5. The highest BCUT2D eigenvalue weighted by Gasteiger charge is 2.14. The van der Waals surface area contributed by atoms with Gasteiger partial charge in [0.25, 0.3) is 11.8 Å². The zero-order chi connectivity index (χ0) is 25.1. The molecule has 0 bridgehead atoms. The molecule has 178 valence electrons. The second kappa shape index (κ2) is 9.93. The number of ether oxygens (including phenoxy) is 1. The first-order valence-corrected chi connectivity index (χ1v) is 11.4. The fourth-order valence-electron chi connectivity index (χ4n) is 3.69. The van der Waals surface area contributed by atoms with E-state index in [-0.39, 0.29) is 11.8 Å². The smallest absolute Gasteiger partial charge is 0.259 e. The molecule has 0 fully saturated rings. The van der Waals surface area contributed by atoms with Crippen LogP contribution >= 0.6 is 11.6 Å². The number of nitrogens with zero attached hydrogens (tertiary/aromatic N) is 1. The number of aromatic nitrogens is 1. The number of carbonyl (C=O) groups excluding carboxylic acids is 2. The predicted molar refractivity (Wildman–Crippen MR) is 140 cm³/mol. The van der Waals surface area contributed by atoms with Gasteiger partial charge in [0.1, 0.15) is 11.3 Å². The highest BCUT2D eigenvalue weighted by Crippen LogP contribution is 2.27. The zero-order valence-electron chi connectivity index (χ0n) is 19.1. The Morgan fingerprint density at radius 3 is 2.39 bits per heavy atom. The van der Waals surface area contributed by atoms with Crippen LogP contribution in [0.5, 0.6) is 5.75 Å². The number of benzene rings is 4. The molecule has 0 spiro atoms. The maximum absolute atomic E-state index is 12.8. The standard InChI is InChI=1S/C28H20ClN3O4/c1-35-24-14-11-19(29)16-22(24)27(34)30-20-12-9-17(10-13-20)26(33)31-21-6-4-5-18(15-21)28-32-23-7-2-3-8-25(23)36-28/h2-16H,1H3,(H,30,34)(H,31,33). The molecule has 2 N–H and O–H groups in total. The van der Waals surface area contributed by atoms with Crippen LogP contribution in [0.2, 0.25) is 5.02 Å². The summed E-state index contributed by atoms with van der Waals surface area (Å²) in [5, 5.41) is 6.09. The normalized spacial score (nSPS) is 10.7. The van der Waals surface area contributed by atoms with E-state index < -0.39 is 0 Å². The number of fused-ring (bicyclic) bond motifs is 1. The maximum atomic E-state index is 12.8. The van der Waals surface area contributed by atoms with Gasteiger partial charge >= 0.3 is 0 Å². The van der Waals surface area contributed by atoms with Crippen LogP contribution < -0.4 is 15.4 Å². The van der Waals surface area contributed by atoms with E-state index in [1.54, 1.807) is 48.5 Å². The van der Waals surface area contributed by atoms with Crippen LogP contribution in [0.25, 0.3) is 22.6 Å². The molecular weight excluding hydrogens is 478 g/mol. The van der Waals surface area contributed by atoms with E-state index in [9.17, 15) is 9.59 Å². The molecule has 0 aliphatic rings. The van der Waals surface area contributed by atoms with E-state index in [0.717, 1.165) is 11.1 Å². The van der Waals surface area contributed by atoms with E-state index >= 15 is 0 Å². The molecule has 8 heteroatoms. The minimum Gasteiger partial charge on any atom is -0.496 e. The number of amides is 2. The molecule has 1 aromatic heterocycles. The summed E-state index contributed by atoms with van der Waals surface area (Å²) in [4.78, 5) is 30.0. The molecule has 0 unspecified atom stereocenters. The summed E-state index contributed by atoms with van der Waals surface area (Å²) in [6.45, 7) is 0. The average molecular weight is 498 g/mol. The fraction of sp³-hybridized carbons (Fsp3) is 0.0357. The van der Waals surface area contributed by atoms with Crippen molar-refractivity contribution in [3.8, 4) is 17.2 Å². The lowest BCUT2D eigenvalue weighted by atomic mass is 10.1. The number of methoxy groups -OCH3 is 1. The minimum atomic E-state index is -0.373. The first kappa shape index (κ1) is 23.1. The summed E-state index contributed by atoms with van der Waals surface area (Å²) in [6.07, 6.45) is 0. The Labute approximate surface area is 211 Å². The summed E-state index contributed by atoms with van der Waals surface area (Å²) >= 11 is 6.02. The van der Waals surface area contributed by atoms with Crippen LogP contribution in [-0.2, 0) is 0 Å². The number of para-hydroxylation sites is 2. The molecule has 7 nitrogen and oxygen atoms in total. The van der Waals surface area contributed by atoms with Gasteiger partial charge in [-0.2, -0.15) is 0 Å². The molecule has 1 heterocycles. The molecule has 36 heavy (non-hydrogen) atoms. The van der Waals surface area contributed by atoms with Crippen molar-refractivity contribution >= 4 is 45.9 Å². The molecular formula is C28H20ClN3O4. The lowest BCUT2D eigenvalue weighted by Crippen LogP contribution is -2.14. The van der Waals surface area contributed by atoms with Crippen LogP contribution in [0.4, 0.5) is 11.4 Å². The summed E-state index contributed by atoms with van der Waals surface area (Å²) < 4.78 is 11.1. The molecule has 0 saturated carbocycles. The van der Waals surface area contributed by atoms with Crippen molar-refractivity contribution in [2.45, 2.75) is 0 Å². The molecule has 0 radical (unpaired) electrons. The summed E-state index contributed by atoms with van der Waals surface area (Å²) in [6, 6.07) is 26.2. The lowest BCUT2D eigenvalue weighted by Gasteiger charge is -2.10. The van der Waals surface area contributed by atoms with Crippen molar-refractivity contribution in [3.05, 3.63) is 107 Å². The lowest BCUT2D eigenvalue weighted by molar-refractivity contribution is 0.101. The van der Waals surface area contributed by atoms with Crippen LogP contribution in [0.1, 0.15) is 20.7 Å². The van der Waals surface area contributed by atoms with E-state index in [2.05, 4.69) is 15.6 Å². The number of hydrogen-bond donors (Lipinski definition) is 2. The minimum absolute atomic E-state index is 0.292. The maximum Gasteiger partial charge on any atom is 0.259 e. The Bertz CT molecular complexity index is 1540. The summed E-state index contributed by atoms with van der Waals surface area (Å²) in [5.41, 5.74) is 4.08. The fourth-order valence-corrected chi connectivity index (χ4v) is 3.86. The van der Waals surface area contributed by atoms with Crippen LogP contribution in [0.3, 0.4) is 0 Å². The first-order valence-electron chi connectivity index (χ1n) is 11.0. The third-order valence-electron chi connectivity index (χ3n) is 5.47. The van der Waals surface area contributed by atoms with Crippen molar-refractivity contribution in [1.29, 1.82) is 0 Å². The number of oxazole rings is 1. The Balaban J connectivity index is 1.27. The van der Waals surface area contributed by atoms with Gasteiger partial charge in [0.15, 0.2) is 5.58 Å². The van der Waals surface area contributed by atoms with Gasteiger partial charge in [-0.1, -0.05) is 29.8 Å². The molecule has 0 atom stereocenters. The van der Waals surface area contributed by atoms with Crippen molar-refractivity contribution in [2.24, 2.45) is 0 Å². The van der Waals surface area contributed by atoms with Gasteiger partial charge in [-0.25, -0.2) is 4.98 Å². The van der Waals surface area contributed by atoms with E-state index in [4.69, 9.17) is 20.8 Å². The van der Waals surface area contributed by atoms with E-state index in [1.165, 1.54) is 13.2 Å². The number of hydrogen-bond acceptors (Lipinski definition) is 5.